The van der Waals surface area contributed by atoms with Crippen molar-refractivity contribution in [2.24, 2.45) is 0 Å². The molecule has 0 spiro atoms. The lowest BCUT2D eigenvalue weighted by molar-refractivity contribution is -0.116. The highest BCUT2D eigenvalue weighted by Crippen LogP contribution is 2.46. The van der Waals surface area contributed by atoms with Gasteiger partial charge in [-0.2, -0.15) is 0 Å². The number of nitrogens with one attached hydrogen (secondary N) is 1. The van der Waals surface area contributed by atoms with Gasteiger partial charge in [-0.15, -0.1) is 0 Å². The molecule has 1 amide bonds. The molecule has 3 rings (SSSR count). The molecule has 0 unspecified atom stereocenters. The van der Waals surface area contributed by atoms with Gasteiger partial charge < -0.3 is 18.9 Å². The summed E-state index contributed by atoms with van der Waals surface area (Å²) in [7, 11) is -3.39. The summed E-state index contributed by atoms with van der Waals surface area (Å²) in [4.78, 5) is 12.4. The Morgan fingerprint density at radius 1 is 1.06 bits per heavy atom. The van der Waals surface area contributed by atoms with Crippen LogP contribution in [0.5, 0.6) is 0 Å². The number of benzene rings is 2. The summed E-state index contributed by atoms with van der Waals surface area (Å²) in [5.41, 5.74) is 1.45. The van der Waals surface area contributed by atoms with Gasteiger partial charge in [0.1, 0.15) is 0 Å². The van der Waals surface area contributed by atoms with E-state index in [0.717, 1.165) is 12.1 Å². The fourth-order valence-electron chi connectivity index (χ4n) is 3.04. The number of hydrogen-bond donors (Lipinski definition) is 1. The Hall–Kier alpha value is -2.87. The number of anilines is 1. The van der Waals surface area contributed by atoms with Gasteiger partial charge in [-0.3, -0.25) is 9.36 Å². The van der Waals surface area contributed by atoms with Crippen LogP contribution in [0, 0.1) is 11.6 Å². The lowest BCUT2D eigenvalue weighted by atomic mass is 10.0. The van der Waals surface area contributed by atoms with Gasteiger partial charge in [0.15, 0.2) is 17.4 Å². The van der Waals surface area contributed by atoms with Crippen LogP contribution in [0.2, 0.25) is 0 Å². The highest BCUT2D eigenvalue weighted by Gasteiger charge is 2.26. The van der Waals surface area contributed by atoms with Crippen molar-refractivity contribution in [2.45, 2.75) is 26.7 Å². The minimum Gasteiger partial charge on any atom is -0.356 e. The molecule has 0 aliphatic heterocycles. The molecule has 1 heterocycles. The minimum absolute atomic E-state index is 0.107. The Kier molecular flexibility index (Phi) is 7.90. The molecule has 1 aromatic heterocycles. The van der Waals surface area contributed by atoms with Crippen molar-refractivity contribution in [3.63, 3.8) is 0 Å². The van der Waals surface area contributed by atoms with Gasteiger partial charge in [-0.25, -0.2) is 8.78 Å². The van der Waals surface area contributed by atoms with Crippen molar-refractivity contribution >= 4 is 24.5 Å². The van der Waals surface area contributed by atoms with Crippen LogP contribution in [0.3, 0.4) is 0 Å². The van der Waals surface area contributed by atoms with Crippen LogP contribution >= 0.6 is 7.60 Å². The predicted octanol–water partition coefficient (Wildman–Crippen LogP) is 5.08. The Bertz CT molecular complexity index is 1110. The van der Waals surface area contributed by atoms with Gasteiger partial charge in [0.2, 0.25) is 5.91 Å². The largest absolute Gasteiger partial charge is 0.361 e. The second kappa shape index (κ2) is 10.6. The fourth-order valence-corrected chi connectivity index (χ4v) is 4.61. The average Bonchev–Trinajstić information content (AvgIpc) is 3.24. The van der Waals surface area contributed by atoms with E-state index in [4.69, 9.17) is 13.6 Å². The lowest BCUT2D eigenvalue weighted by Gasteiger charge is -2.17. The number of halogens is 2. The molecule has 10 heteroatoms. The topological polar surface area (TPSA) is 90.7 Å². The summed E-state index contributed by atoms with van der Waals surface area (Å²) in [6.07, 6.45) is 1.83. The first-order valence-electron chi connectivity index (χ1n) is 10.0. The first-order valence-corrected chi connectivity index (χ1v) is 11.6. The van der Waals surface area contributed by atoms with Crippen molar-refractivity contribution in [3.8, 4) is 11.3 Å². The minimum atomic E-state index is -3.39. The number of amides is 1. The number of carbonyl (C=O) groups excluding carboxylic acids is 1. The number of hydrogen-bond acceptors (Lipinski definition) is 6. The Labute approximate surface area is 184 Å². The molecule has 0 fully saturated rings. The maximum absolute atomic E-state index is 13.5. The summed E-state index contributed by atoms with van der Waals surface area (Å²) in [6, 6.07) is 9.81. The second-order valence-corrected chi connectivity index (χ2v) is 8.76. The van der Waals surface area contributed by atoms with E-state index in [1.807, 2.05) is 0 Å². The highest BCUT2D eigenvalue weighted by atomic mass is 31.2. The van der Waals surface area contributed by atoms with Crippen LogP contribution in [0.4, 0.5) is 14.5 Å². The van der Waals surface area contributed by atoms with E-state index in [1.54, 1.807) is 38.1 Å². The molecule has 0 saturated carbocycles. The number of carbonyl (C=O) groups is 1. The molecule has 0 atom stereocenters. The van der Waals surface area contributed by atoms with E-state index < -0.39 is 19.2 Å². The van der Waals surface area contributed by atoms with E-state index in [9.17, 15) is 18.1 Å². The van der Waals surface area contributed by atoms with Crippen LogP contribution in [0.15, 0.2) is 53.2 Å². The smallest absolute Gasteiger partial charge is 0.356 e. The molecule has 0 aliphatic rings. The molecule has 0 saturated heterocycles. The molecule has 32 heavy (non-hydrogen) atoms. The van der Waals surface area contributed by atoms with Crippen LogP contribution in [-0.2, 0) is 24.8 Å². The number of aromatic nitrogens is 1. The van der Waals surface area contributed by atoms with E-state index in [-0.39, 0.29) is 37.7 Å². The SMILES string of the molecule is CCOP(=O)(OCC)c1ccc(NC(=O)CCc2cnoc2-c2ccc(F)c(F)c2)cc1. The van der Waals surface area contributed by atoms with Gasteiger partial charge in [0, 0.05) is 23.2 Å². The van der Waals surface area contributed by atoms with Gasteiger partial charge in [0.25, 0.3) is 0 Å². The first-order chi connectivity index (χ1) is 15.4. The summed E-state index contributed by atoms with van der Waals surface area (Å²) in [5.74, 6) is -1.94. The zero-order chi connectivity index (χ0) is 23.1. The number of rotatable bonds is 10. The average molecular weight is 464 g/mol. The quantitative estimate of drug-likeness (QED) is 0.421. The van der Waals surface area contributed by atoms with E-state index in [2.05, 4.69) is 10.5 Å². The number of nitrogens with zero attached hydrogens (tertiary/aromatic N) is 1. The third-order valence-electron chi connectivity index (χ3n) is 4.51. The van der Waals surface area contributed by atoms with E-state index in [0.29, 0.717) is 22.1 Å². The molecule has 7 nitrogen and oxygen atoms in total. The Balaban J connectivity index is 1.62. The Morgan fingerprint density at radius 2 is 1.75 bits per heavy atom. The summed E-state index contributed by atoms with van der Waals surface area (Å²) in [6.45, 7) is 3.94. The molecule has 0 bridgehead atoms. The van der Waals surface area contributed by atoms with Crippen LogP contribution in [0.1, 0.15) is 25.8 Å². The molecule has 170 valence electrons. The van der Waals surface area contributed by atoms with Crippen molar-refractivity contribution in [1.82, 2.24) is 5.16 Å². The maximum atomic E-state index is 13.5. The first kappa shape index (κ1) is 23.8. The normalized spacial score (nSPS) is 11.5. The van der Waals surface area contributed by atoms with Crippen LogP contribution in [0.25, 0.3) is 11.3 Å². The summed E-state index contributed by atoms with van der Waals surface area (Å²) < 4.78 is 55.2. The molecule has 0 radical (unpaired) electrons. The van der Waals surface area contributed by atoms with Crippen molar-refractivity contribution in [2.75, 3.05) is 18.5 Å². The molecule has 1 N–H and O–H groups in total. The van der Waals surface area contributed by atoms with Crippen LogP contribution in [-0.4, -0.2) is 24.3 Å². The predicted molar refractivity (Wildman–Crippen MR) is 116 cm³/mol. The zero-order valence-corrected chi connectivity index (χ0v) is 18.5. The van der Waals surface area contributed by atoms with Gasteiger partial charge in [-0.1, -0.05) is 5.16 Å². The van der Waals surface area contributed by atoms with Crippen molar-refractivity contribution in [3.05, 3.63) is 65.9 Å². The molecular formula is C22H23F2N2O5P. The zero-order valence-electron chi connectivity index (χ0n) is 17.6. The molecule has 0 aliphatic carbocycles. The van der Waals surface area contributed by atoms with Gasteiger partial charge >= 0.3 is 7.60 Å². The van der Waals surface area contributed by atoms with E-state index in [1.165, 1.54) is 12.3 Å². The van der Waals surface area contributed by atoms with Crippen molar-refractivity contribution < 1.29 is 31.7 Å². The lowest BCUT2D eigenvalue weighted by Crippen LogP contribution is -2.14. The molecule has 3 aromatic rings. The monoisotopic (exact) mass is 464 g/mol. The van der Waals surface area contributed by atoms with Crippen LogP contribution < -0.4 is 10.6 Å². The van der Waals surface area contributed by atoms with Gasteiger partial charge in [0.05, 0.1) is 24.7 Å². The third kappa shape index (κ3) is 5.68. The Morgan fingerprint density at radius 3 is 2.38 bits per heavy atom. The summed E-state index contributed by atoms with van der Waals surface area (Å²) >= 11 is 0. The summed E-state index contributed by atoms with van der Waals surface area (Å²) in [5, 5.41) is 6.86. The van der Waals surface area contributed by atoms with Crippen molar-refractivity contribution in [1.29, 1.82) is 0 Å². The standard InChI is InChI=1S/C22H23F2N2O5P/c1-3-29-32(28,30-4-2)18-9-7-17(8-10-18)26-21(27)12-6-16-14-25-31-22(16)15-5-11-19(23)20(24)13-15/h5,7-11,13-14H,3-4,6,12H2,1-2H3,(H,26,27). The molecule has 2 aromatic carbocycles. The fraction of sp³-hybridized carbons (Fsp3) is 0.273. The third-order valence-corrected chi connectivity index (χ3v) is 6.64. The maximum Gasteiger partial charge on any atom is 0.361 e. The van der Waals surface area contributed by atoms with E-state index >= 15 is 0 Å². The second-order valence-electron chi connectivity index (χ2n) is 6.74. The molecular weight excluding hydrogens is 441 g/mol. The van der Waals surface area contributed by atoms with Gasteiger partial charge in [-0.05, 0) is 62.7 Å². The highest BCUT2D eigenvalue weighted by molar-refractivity contribution is 7.62. The number of aryl methyl sites for hydroxylation is 1.